The molecule has 0 saturated heterocycles. The van der Waals surface area contributed by atoms with Crippen LogP contribution in [0.2, 0.25) is 0 Å². The topological polar surface area (TPSA) is 23.5 Å². The van der Waals surface area contributed by atoms with Gasteiger partial charge in [0.05, 0.1) is 0 Å². The zero-order valence-electron chi connectivity index (χ0n) is 11.7. The fourth-order valence-corrected chi connectivity index (χ4v) is 2.90. The molecule has 1 aromatic carbocycles. The van der Waals surface area contributed by atoms with Crippen molar-refractivity contribution in [1.29, 1.82) is 0 Å². The summed E-state index contributed by atoms with van der Waals surface area (Å²) >= 11 is 1.73. The first-order valence-electron chi connectivity index (χ1n) is 6.76. The van der Waals surface area contributed by atoms with E-state index in [1.54, 1.807) is 11.3 Å². The Morgan fingerprint density at radius 3 is 2.65 bits per heavy atom. The summed E-state index contributed by atoms with van der Waals surface area (Å²) in [6, 6.07) is 12.5. The fraction of sp³-hybridized carbons (Fsp3) is 0.294. The van der Waals surface area contributed by atoms with Crippen LogP contribution in [0.25, 0.3) is 0 Å². The summed E-state index contributed by atoms with van der Waals surface area (Å²) in [5, 5.41) is 10.9. The Bertz CT molecular complexity index is 580. The molecule has 0 spiro atoms. The van der Waals surface area contributed by atoms with E-state index in [-0.39, 0.29) is 6.61 Å². The van der Waals surface area contributed by atoms with E-state index in [4.69, 9.17) is 5.11 Å². The number of rotatable bonds is 5. The SMILES string of the molecule is CCN(Cc1ccccc1)Cc1sccc1C#CCO. The summed E-state index contributed by atoms with van der Waals surface area (Å²) in [6.07, 6.45) is 0. The van der Waals surface area contributed by atoms with E-state index in [0.29, 0.717) is 0 Å². The second-order valence-electron chi connectivity index (χ2n) is 4.51. The molecule has 0 aliphatic heterocycles. The first kappa shape index (κ1) is 14.8. The van der Waals surface area contributed by atoms with Crippen molar-refractivity contribution >= 4 is 11.3 Å². The predicted molar refractivity (Wildman–Crippen MR) is 84.5 cm³/mol. The van der Waals surface area contributed by atoms with E-state index >= 15 is 0 Å². The van der Waals surface area contributed by atoms with Gasteiger partial charge in [0.1, 0.15) is 6.61 Å². The maximum Gasteiger partial charge on any atom is 0.104 e. The summed E-state index contributed by atoms with van der Waals surface area (Å²) in [6.45, 7) is 4.94. The molecule has 0 radical (unpaired) electrons. The average molecular weight is 285 g/mol. The molecule has 1 heterocycles. The molecule has 0 aliphatic rings. The van der Waals surface area contributed by atoms with Gasteiger partial charge in [0.15, 0.2) is 0 Å². The highest BCUT2D eigenvalue weighted by atomic mass is 32.1. The van der Waals surface area contributed by atoms with Crippen LogP contribution in [0.3, 0.4) is 0 Å². The first-order chi connectivity index (χ1) is 9.83. The molecule has 0 unspecified atom stereocenters. The molecule has 0 amide bonds. The van der Waals surface area contributed by atoms with E-state index in [9.17, 15) is 0 Å². The standard InChI is InChI=1S/C17H19NOS/c1-2-18(13-15-7-4-3-5-8-15)14-17-16(9-6-11-19)10-12-20-17/h3-5,7-8,10,12,19H,2,11,13-14H2,1H3. The lowest BCUT2D eigenvalue weighted by atomic mass is 10.2. The predicted octanol–water partition coefficient (Wildman–Crippen LogP) is 3.11. The van der Waals surface area contributed by atoms with Crippen molar-refractivity contribution in [1.82, 2.24) is 4.90 Å². The van der Waals surface area contributed by atoms with Gasteiger partial charge in [0, 0.05) is 23.5 Å². The molecule has 1 aromatic heterocycles. The Kier molecular flexibility index (Phi) is 5.82. The highest BCUT2D eigenvalue weighted by molar-refractivity contribution is 7.10. The largest absolute Gasteiger partial charge is 0.384 e. The molecule has 2 aromatic rings. The Hall–Kier alpha value is -1.60. The minimum Gasteiger partial charge on any atom is -0.384 e. The van der Waals surface area contributed by atoms with Crippen molar-refractivity contribution in [2.75, 3.05) is 13.2 Å². The average Bonchev–Trinajstić information content (AvgIpc) is 2.92. The van der Waals surface area contributed by atoms with Crippen molar-refractivity contribution in [3.05, 3.63) is 57.8 Å². The number of hydrogen-bond acceptors (Lipinski definition) is 3. The van der Waals surface area contributed by atoms with Crippen molar-refractivity contribution < 1.29 is 5.11 Å². The third-order valence-electron chi connectivity index (χ3n) is 3.11. The van der Waals surface area contributed by atoms with Crippen molar-refractivity contribution in [2.45, 2.75) is 20.0 Å². The zero-order chi connectivity index (χ0) is 14.2. The number of aliphatic hydroxyl groups is 1. The molecule has 3 heteroatoms. The van der Waals surface area contributed by atoms with Crippen LogP contribution in [0.4, 0.5) is 0 Å². The normalized spacial score (nSPS) is 10.3. The van der Waals surface area contributed by atoms with Gasteiger partial charge < -0.3 is 5.11 Å². The van der Waals surface area contributed by atoms with Crippen LogP contribution in [-0.4, -0.2) is 23.2 Å². The maximum atomic E-state index is 8.80. The molecule has 104 valence electrons. The van der Waals surface area contributed by atoms with Gasteiger partial charge in [-0.2, -0.15) is 0 Å². The summed E-state index contributed by atoms with van der Waals surface area (Å²) in [5.41, 5.74) is 2.37. The second kappa shape index (κ2) is 7.86. The number of nitrogens with zero attached hydrogens (tertiary/aromatic N) is 1. The smallest absolute Gasteiger partial charge is 0.104 e. The molecule has 0 fully saturated rings. The van der Waals surface area contributed by atoms with Crippen molar-refractivity contribution in [2.24, 2.45) is 0 Å². The van der Waals surface area contributed by atoms with Crippen LogP contribution in [-0.2, 0) is 13.1 Å². The molecular weight excluding hydrogens is 266 g/mol. The summed E-state index contributed by atoms with van der Waals surface area (Å²) in [4.78, 5) is 3.66. The Balaban J connectivity index is 2.05. The molecule has 1 N–H and O–H groups in total. The van der Waals surface area contributed by atoms with Crippen LogP contribution < -0.4 is 0 Å². The molecule has 2 nitrogen and oxygen atoms in total. The molecule has 2 rings (SSSR count). The molecular formula is C17H19NOS. The lowest BCUT2D eigenvalue weighted by Gasteiger charge is -2.20. The van der Waals surface area contributed by atoms with E-state index in [1.165, 1.54) is 10.4 Å². The molecule has 0 atom stereocenters. The van der Waals surface area contributed by atoms with Gasteiger partial charge in [-0.15, -0.1) is 11.3 Å². The lowest BCUT2D eigenvalue weighted by Crippen LogP contribution is -2.22. The van der Waals surface area contributed by atoms with Gasteiger partial charge in [-0.25, -0.2) is 0 Å². The highest BCUT2D eigenvalue weighted by Gasteiger charge is 2.08. The molecule has 0 aliphatic carbocycles. The quantitative estimate of drug-likeness (QED) is 0.853. The van der Waals surface area contributed by atoms with Gasteiger partial charge in [0.2, 0.25) is 0 Å². The number of aliphatic hydroxyl groups excluding tert-OH is 1. The van der Waals surface area contributed by atoms with Crippen LogP contribution in [0.15, 0.2) is 41.8 Å². The van der Waals surface area contributed by atoms with Gasteiger partial charge >= 0.3 is 0 Å². The fourth-order valence-electron chi connectivity index (χ4n) is 2.03. The highest BCUT2D eigenvalue weighted by Crippen LogP contribution is 2.19. The lowest BCUT2D eigenvalue weighted by molar-refractivity contribution is 0.273. The van der Waals surface area contributed by atoms with Crippen molar-refractivity contribution in [3.63, 3.8) is 0 Å². The van der Waals surface area contributed by atoms with Crippen LogP contribution in [0.1, 0.15) is 22.9 Å². The molecule has 20 heavy (non-hydrogen) atoms. The summed E-state index contributed by atoms with van der Waals surface area (Å²) in [7, 11) is 0. The van der Waals surface area contributed by atoms with E-state index < -0.39 is 0 Å². The summed E-state index contributed by atoms with van der Waals surface area (Å²) < 4.78 is 0. The maximum absolute atomic E-state index is 8.80. The molecule has 0 saturated carbocycles. The monoisotopic (exact) mass is 285 g/mol. The third kappa shape index (κ3) is 4.21. The van der Waals surface area contributed by atoms with Crippen LogP contribution in [0, 0.1) is 11.8 Å². The minimum atomic E-state index is -0.0865. The van der Waals surface area contributed by atoms with Crippen molar-refractivity contribution in [3.8, 4) is 11.8 Å². The molecule has 0 bridgehead atoms. The Morgan fingerprint density at radius 2 is 1.95 bits per heavy atom. The van der Waals surface area contributed by atoms with Gasteiger partial charge in [-0.1, -0.05) is 49.1 Å². The van der Waals surface area contributed by atoms with Crippen LogP contribution in [0.5, 0.6) is 0 Å². The zero-order valence-corrected chi connectivity index (χ0v) is 12.5. The number of benzene rings is 1. The number of hydrogen-bond donors (Lipinski definition) is 1. The minimum absolute atomic E-state index is 0.0865. The van der Waals surface area contributed by atoms with E-state index in [1.807, 2.05) is 12.1 Å². The van der Waals surface area contributed by atoms with Gasteiger partial charge in [0.25, 0.3) is 0 Å². The summed E-state index contributed by atoms with van der Waals surface area (Å²) in [5.74, 6) is 5.75. The Morgan fingerprint density at radius 1 is 1.15 bits per heavy atom. The van der Waals surface area contributed by atoms with E-state index in [2.05, 4.69) is 53.3 Å². The second-order valence-corrected chi connectivity index (χ2v) is 5.51. The first-order valence-corrected chi connectivity index (χ1v) is 7.63. The third-order valence-corrected chi connectivity index (χ3v) is 4.02. The van der Waals surface area contributed by atoms with Crippen LogP contribution >= 0.6 is 11.3 Å². The van der Waals surface area contributed by atoms with Gasteiger partial charge in [-0.3, -0.25) is 4.90 Å². The van der Waals surface area contributed by atoms with Gasteiger partial charge in [-0.05, 0) is 23.6 Å². The van der Waals surface area contributed by atoms with E-state index in [0.717, 1.165) is 25.2 Å². The Labute approximate surface area is 124 Å². The number of thiophene rings is 1.